The van der Waals surface area contributed by atoms with Crippen molar-refractivity contribution in [3.8, 4) is 5.75 Å². The van der Waals surface area contributed by atoms with Crippen molar-refractivity contribution in [2.45, 2.75) is 18.9 Å². The first-order chi connectivity index (χ1) is 11.7. The molecule has 1 heterocycles. The SMILES string of the molecule is COc1ccc(CC(=O)N2CCOC(Cc3ccccc3)C2)cc1. The second kappa shape index (κ2) is 7.97. The van der Waals surface area contributed by atoms with Gasteiger partial charge in [0.05, 0.1) is 26.2 Å². The zero-order chi connectivity index (χ0) is 16.8. The monoisotopic (exact) mass is 325 g/mol. The van der Waals surface area contributed by atoms with Crippen molar-refractivity contribution in [2.24, 2.45) is 0 Å². The molecule has 1 amide bonds. The predicted molar refractivity (Wildman–Crippen MR) is 93.2 cm³/mol. The Labute approximate surface area is 143 Å². The molecule has 1 atom stereocenters. The molecule has 1 unspecified atom stereocenters. The maximum absolute atomic E-state index is 12.6. The molecule has 1 saturated heterocycles. The molecule has 24 heavy (non-hydrogen) atoms. The highest BCUT2D eigenvalue weighted by atomic mass is 16.5. The molecule has 3 rings (SSSR count). The molecule has 0 aromatic heterocycles. The van der Waals surface area contributed by atoms with Crippen LogP contribution in [0.3, 0.4) is 0 Å². The third-order valence-corrected chi connectivity index (χ3v) is 4.31. The number of hydrogen-bond acceptors (Lipinski definition) is 3. The maximum Gasteiger partial charge on any atom is 0.227 e. The van der Waals surface area contributed by atoms with E-state index < -0.39 is 0 Å². The summed E-state index contributed by atoms with van der Waals surface area (Å²) in [6.07, 6.45) is 1.33. The second-order valence-corrected chi connectivity index (χ2v) is 6.05. The molecule has 0 spiro atoms. The quantitative estimate of drug-likeness (QED) is 0.848. The summed E-state index contributed by atoms with van der Waals surface area (Å²) in [5.41, 5.74) is 2.25. The minimum atomic E-state index is 0.0703. The average molecular weight is 325 g/mol. The molecule has 0 N–H and O–H groups in total. The number of morpholine rings is 1. The zero-order valence-corrected chi connectivity index (χ0v) is 14.0. The lowest BCUT2D eigenvalue weighted by molar-refractivity contribution is -0.138. The molecule has 1 aliphatic rings. The van der Waals surface area contributed by atoms with Crippen LogP contribution in [0.15, 0.2) is 54.6 Å². The van der Waals surface area contributed by atoms with Gasteiger partial charge in [-0.2, -0.15) is 0 Å². The fourth-order valence-electron chi connectivity index (χ4n) is 2.98. The van der Waals surface area contributed by atoms with Crippen LogP contribution in [0.2, 0.25) is 0 Å². The molecule has 0 radical (unpaired) electrons. The van der Waals surface area contributed by atoms with Gasteiger partial charge in [0, 0.05) is 19.5 Å². The number of rotatable bonds is 5. The van der Waals surface area contributed by atoms with E-state index in [1.54, 1.807) is 7.11 Å². The fourth-order valence-corrected chi connectivity index (χ4v) is 2.98. The first-order valence-corrected chi connectivity index (χ1v) is 8.31. The summed E-state index contributed by atoms with van der Waals surface area (Å²) in [4.78, 5) is 14.5. The molecule has 0 saturated carbocycles. The Balaban J connectivity index is 1.56. The van der Waals surface area contributed by atoms with Crippen molar-refractivity contribution in [2.75, 3.05) is 26.8 Å². The lowest BCUT2D eigenvalue weighted by Crippen LogP contribution is -2.46. The van der Waals surface area contributed by atoms with Gasteiger partial charge in [0.15, 0.2) is 0 Å². The van der Waals surface area contributed by atoms with Crippen LogP contribution in [0, 0.1) is 0 Å². The molecule has 1 aliphatic heterocycles. The van der Waals surface area contributed by atoms with Crippen molar-refractivity contribution in [1.82, 2.24) is 4.90 Å². The summed E-state index contributed by atoms with van der Waals surface area (Å²) < 4.78 is 11.0. The Morgan fingerprint density at radius 3 is 2.58 bits per heavy atom. The summed E-state index contributed by atoms with van der Waals surface area (Å²) in [5.74, 6) is 0.960. The van der Waals surface area contributed by atoms with Gasteiger partial charge >= 0.3 is 0 Å². The first-order valence-electron chi connectivity index (χ1n) is 8.31. The van der Waals surface area contributed by atoms with Crippen molar-refractivity contribution in [3.05, 3.63) is 65.7 Å². The van der Waals surface area contributed by atoms with E-state index in [1.165, 1.54) is 5.56 Å². The number of benzene rings is 2. The van der Waals surface area contributed by atoms with E-state index in [1.807, 2.05) is 47.4 Å². The fraction of sp³-hybridized carbons (Fsp3) is 0.350. The second-order valence-electron chi connectivity index (χ2n) is 6.05. The van der Waals surface area contributed by atoms with Gasteiger partial charge in [-0.15, -0.1) is 0 Å². The summed E-state index contributed by atoms with van der Waals surface area (Å²) in [6, 6.07) is 17.9. The number of amides is 1. The molecule has 2 aromatic rings. The average Bonchev–Trinajstić information content (AvgIpc) is 2.63. The minimum Gasteiger partial charge on any atom is -0.497 e. The lowest BCUT2D eigenvalue weighted by atomic mass is 10.1. The Bertz CT molecular complexity index is 654. The van der Waals surface area contributed by atoms with Crippen molar-refractivity contribution in [3.63, 3.8) is 0 Å². The van der Waals surface area contributed by atoms with Gasteiger partial charge in [0.2, 0.25) is 5.91 Å². The van der Waals surface area contributed by atoms with Gasteiger partial charge in [-0.1, -0.05) is 42.5 Å². The smallest absolute Gasteiger partial charge is 0.227 e. The number of ether oxygens (including phenoxy) is 2. The number of methoxy groups -OCH3 is 1. The van der Waals surface area contributed by atoms with Crippen LogP contribution in [-0.2, 0) is 22.4 Å². The van der Waals surface area contributed by atoms with Gasteiger partial charge in [-0.05, 0) is 23.3 Å². The molecule has 4 heteroatoms. The highest BCUT2D eigenvalue weighted by Gasteiger charge is 2.24. The van der Waals surface area contributed by atoms with Crippen LogP contribution in [0.25, 0.3) is 0 Å². The normalized spacial score (nSPS) is 17.5. The lowest BCUT2D eigenvalue weighted by Gasteiger charge is -2.33. The van der Waals surface area contributed by atoms with Crippen LogP contribution in [0.4, 0.5) is 0 Å². The number of carbonyl (C=O) groups excluding carboxylic acids is 1. The molecule has 0 aliphatic carbocycles. The highest BCUT2D eigenvalue weighted by molar-refractivity contribution is 5.79. The highest BCUT2D eigenvalue weighted by Crippen LogP contribution is 2.15. The predicted octanol–water partition coefficient (Wildman–Crippen LogP) is 2.71. The third-order valence-electron chi connectivity index (χ3n) is 4.31. The van der Waals surface area contributed by atoms with Crippen molar-refractivity contribution < 1.29 is 14.3 Å². The number of carbonyl (C=O) groups is 1. The van der Waals surface area contributed by atoms with E-state index >= 15 is 0 Å². The summed E-state index contributed by atoms with van der Waals surface area (Å²) >= 11 is 0. The topological polar surface area (TPSA) is 38.8 Å². The first kappa shape index (κ1) is 16.5. The van der Waals surface area contributed by atoms with Gasteiger partial charge in [-0.25, -0.2) is 0 Å². The van der Waals surface area contributed by atoms with Gasteiger partial charge < -0.3 is 14.4 Å². The maximum atomic E-state index is 12.6. The zero-order valence-electron chi connectivity index (χ0n) is 14.0. The Kier molecular flexibility index (Phi) is 5.49. The molecular formula is C20H23NO3. The van der Waals surface area contributed by atoms with Crippen LogP contribution in [-0.4, -0.2) is 43.7 Å². The number of hydrogen-bond donors (Lipinski definition) is 0. The van der Waals surface area contributed by atoms with E-state index in [-0.39, 0.29) is 12.0 Å². The van der Waals surface area contributed by atoms with Gasteiger partial charge in [-0.3, -0.25) is 4.79 Å². The van der Waals surface area contributed by atoms with Crippen LogP contribution >= 0.6 is 0 Å². The van der Waals surface area contributed by atoms with Crippen molar-refractivity contribution in [1.29, 1.82) is 0 Å². The summed E-state index contributed by atoms with van der Waals surface area (Å²) in [6.45, 7) is 1.93. The molecular weight excluding hydrogens is 302 g/mol. The summed E-state index contributed by atoms with van der Waals surface area (Å²) in [5, 5.41) is 0. The summed E-state index contributed by atoms with van der Waals surface area (Å²) in [7, 11) is 1.64. The molecule has 126 valence electrons. The van der Waals surface area contributed by atoms with Crippen molar-refractivity contribution >= 4 is 5.91 Å². The van der Waals surface area contributed by atoms with Crippen LogP contribution < -0.4 is 4.74 Å². The Hall–Kier alpha value is -2.33. The van der Waals surface area contributed by atoms with Crippen LogP contribution in [0.5, 0.6) is 5.75 Å². The molecule has 0 bridgehead atoms. The third kappa shape index (κ3) is 4.36. The van der Waals surface area contributed by atoms with Gasteiger partial charge in [0.25, 0.3) is 0 Å². The Morgan fingerprint density at radius 1 is 1.12 bits per heavy atom. The molecule has 1 fully saturated rings. The van der Waals surface area contributed by atoms with E-state index in [0.717, 1.165) is 17.7 Å². The van der Waals surface area contributed by atoms with E-state index in [9.17, 15) is 4.79 Å². The Morgan fingerprint density at radius 2 is 1.88 bits per heavy atom. The van der Waals surface area contributed by atoms with E-state index in [2.05, 4.69) is 12.1 Å². The van der Waals surface area contributed by atoms with Gasteiger partial charge in [0.1, 0.15) is 5.75 Å². The number of nitrogens with zero attached hydrogens (tertiary/aromatic N) is 1. The standard InChI is InChI=1S/C20H23NO3/c1-23-18-9-7-17(8-10-18)14-20(22)21-11-12-24-19(15-21)13-16-5-3-2-4-6-16/h2-10,19H,11-15H2,1H3. The largest absolute Gasteiger partial charge is 0.497 e. The van der Waals surface area contributed by atoms with E-state index in [4.69, 9.17) is 9.47 Å². The van der Waals surface area contributed by atoms with Crippen LogP contribution in [0.1, 0.15) is 11.1 Å². The van der Waals surface area contributed by atoms with E-state index in [0.29, 0.717) is 26.1 Å². The minimum absolute atomic E-state index is 0.0703. The molecule has 2 aromatic carbocycles. The molecule has 4 nitrogen and oxygen atoms in total.